The number of methoxy groups -OCH3 is 2. The van der Waals surface area contributed by atoms with Gasteiger partial charge in [0.25, 0.3) is 0 Å². The first-order valence-corrected chi connectivity index (χ1v) is 6.37. The van der Waals surface area contributed by atoms with Gasteiger partial charge in [-0.25, -0.2) is 4.79 Å². The molecule has 112 valence electrons. The van der Waals surface area contributed by atoms with Gasteiger partial charge in [-0.15, -0.1) is 0 Å². The Morgan fingerprint density at radius 2 is 1.95 bits per heavy atom. The lowest BCUT2D eigenvalue weighted by Crippen LogP contribution is -2.13. The Bertz CT molecular complexity index is 422. The lowest BCUT2D eigenvalue weighted by molar-refractivity contribution is 0.0289. The van der Waals surface area contributed by atoms with Gasteiger partial charge in [-0.05, 0) is 18.6 Å². The van der Waals surface area contributed by atoms with Crippen molar-refractivity contribution in [1.29, 1.82) is 0 Å². The molecular weight excluding hydrogens is 262 g/mol. The Morgan fingerprint density at radius 3 is 2.65 bits per heavy atom. The summed E-state index contributed by atoms with van der Waals surface area (Å²) in [7, 11) is 3.13. The van der Waals surface area contributed by atoms with Crippen LogP contribution in [0.3, 0.4) is 0 Å². The van der Waals surface area contributed by atoms with E-state index in [1.54, 1.807) is 25.3 Å². The molecule has 0 aliphatic carbocycles. The first-order chi connectivity index (χ1) is 9.70. The third-order valence-electron chi connectivity index (χ3n) is 2.60. The zero-order valence-corrected chi connectivity index (χ0v) is 11.9. The number of hydrogen-bond acceptors (Lipinski definition) is 6. The molecule has 0 fully saturated rings. The number of esters is 1. The number of anilines is 1. The van der Waals surface area contributed by atoms with Crippen molar-refractivity contribution < 1.29 is 23.7 Å². The molecule has 1 rings (SSSR count). The van der Waals surface area contributed by atoms with Crippen molar-refractivity contribution in [1.82, 2.24) is 0 Å². The van der Waals surface area contributed by atoms with Gasteiger partial charge in [0.2, 0.25) is 0 Å². The van der Waals surface area contributed by atoms with E-state index in [4.69, 9.17) is 24.7 Å². The van der Waals surface area contributed by atoms with E-state index >= 15 is 0 Å². The zero-order chi connectivity index (χ0) is 14.8. The molecule has 6 nitrogen and oxygen atoms in total. The second kappa shape index (κ2) is 9.17. The van der Waals surface area contributed by atoms with E-state index in [0.29, 0.717) is 31.1 Å². The van der Waals surface area contributed by atoms with Gasteiger partial charge >= 0.3 is 5.97 Å². The third-order valence-corrected chi connectivity index (χ3v) is 2.60. The average molecular weight is 283 g/mol. The maximum Gasteiger partial charge on any atom is 0.340 e. The number of nitrogen functional groups attached to an aromatic ring is 1. The molecule has 2 N–H and O–H groups in total. The molecule has 0 heterocycles. The quantitative estimate of drug-likeness (QED) is 0.420. The van der Waals surface area contributed by atoms with Gasteiger partial charge in [-0.2, -0.15) is 0 Å². The largest absolute Gasteiger partial charge is 0.495 e. The van der Waals surface area contributed by atoms with Crippen LogP contribution < -0.4 is 10.5 Å². The number of para-hydroxylation sites is 1. The Balaban J connectivity index is 2.33. The summed E-state index contributed by atoms with van der Waals surface area (Å²) in [5, 5.41) is 0. The van der Waals surface area contributed by atoms with Crippen LogP contribution in [0.15, 0.2) is 18.2 Å². The summed E-state index contributed by atoms with van der Waals surface area (Å²) in [5.41, 5.74) is 6.38. The topological polar surface area (TPSA) is 80.0 Å². The van der Waals surface area contributed by atoms with Crippen LogP contribution in [-0.4, -0.2) is 46.6 Å². The molecule has 0 aromatic heterocycles. The molecule has 0 amide bonds. The Kier molecular flexibility index (Phi) is 7.46. The SMILES string of the molecule is COCCCOCCOC(=O)c1cccc(OC)c1N. The van der Waals surface area contributed by atoms with Gasteiger partial charge in [0, 0.05) is 20.3 Å². The molecule has 0 atom stereocenters. The fourth-order valence-electron chi connectivity index (χ4n) is 1.58. The van der Waals surface area contributed by atoms with E-state index in [0.717, 1.165) is 6.42 Å². The van der Waals surface area contributed by atoms with Crippen LogP contribution in [0.4, 0.5) is 5.69 Å². The van der Waals surface area contributed by atoms with Crippen LogP contribution in [-0.2, 0) is 14.2 Å². The minimum atomic E-state index is -0.484. The molecule has 0 saturated carbocycles. The van der Waals surface area contributed by atoms with Gasteiger partial charge in [0.1, 0.15) is 12.4 Å². The number of rotatable bonds is 9. The summed E-state index contributed by atoms with van der Waals surface area (Å²) in [5.74, 6) is -0.0304. The summed E-state index contributed by atoms with van der Waals surface area (Å²) in [6, 6.07) is 4.97. The molecule has 0 aliphatic rings. The van der Waals surface area contributed by atoms with Crippen LogP contribution in [0, 0.1) is 0 Å². The highest BCUT2D eigenvalue weighted by Gasteiger charge is 2.14. The van der Waals surface area contributed by atoms with E-state index in [9.17, 15) is 4.79 Å². The highest BCUT2D eigenvalue weighted by molar-refractivity contribution is 5.96. The fourth-order valence-corrected chi connectivity index (χ4v) is 1.58. The van der Waals surface area contributed by atoms with Crippen molar-refractivity contribution >= 4 is 11.7 Å². The van der Waals surface area contributed by atoms with Crippen LogP contribution in [0.5, 0.6) is 5.75 Å². The van der Waals surface area contributed by atoms with Crippen molar-refractivity contribution in [3.05, 3.63) is 23.8 Å². The molecule has 0 bridgehead atoms. The monoisotopic (exact) mass is 283 g/mol. The number of benzene rings is 1. The summed E-state index contributed by atoms with van der Waals surface area (Å²) in [6.07, 6.45) is 0.813. The third kappa shape index (κ3) is 5.07. The summed E-state index contributed by atoms with van der Waals surface area (Å²) in [4.78, 5) is 11.8. The van der Waals surface area contributed by atoms with E-state index in [-0.39, 0.29) is 12.3 Å². The zero-order valence-electron chi connectivity index (χ0n) is 11.9. The standard InChI is InChI=1S/C14H21NO5/c1-17-7-4-8-19-9-10-20-14(16)11-5-3-6-12(18-2)13(11)15/h3,5-6H,4,7-10,15H2,1-2H3. The number of carbonyl (C=O) groups excluding carboxylic acids is 1. The van der Waals surface area contributed by atoms with E-state index < -0.39 is 5.97 Å². The van der Waals surface area contributed by atoms with Crippen LogP contribution in [0.2, 0.25) is 0 Å². The van der Waals surface area contributed by atoms with E-state index in [1.165, 1.54) is 7.11 Å². The van der Waals surface area contributed by atoms with Gasteiger partial charge in [-0.1, -0.05) is 6.07 Å². The van der Waals surface area contributed by atoms with Gasteiger partial charge < -0.3 is 24.7 Å². The maximum atomic E-state index is 11.8. The normalized spacial score (nSPS) is 10.3. The molecule has 0 saturated heterocycles. The first-order valence-electron chi connectivity index (χ1n) is 6.37. The Morgan fingerprint density at radius 1 is 1.15 bits per heavy atom. The van der Waals surface area contributed by atoms with Crippen molar-refractivity contribution in [2.45, 2.75) is 6.42 Å². The van der Waals surface area contributed by atoms with Crippen molar-refractivity contribution in [3.63, 3.8) is 0 Å². The summed E-state index contributed by atoms with van der Waals surface area (Å²) in [6.45, 7) is 1.76. The Hall–Kier alpha value is -1.79. The Labute approximate surface area is 118 Å². The average Bonchev–Trinajstić information content (AvgIpc) is 2.46. The highest BCUT2D eigenvalue weighted by atomic mass is 16.6. The van der Waals surface area contributed by atoms with Gasteiger partial charge in [-0.3, -0.25) is 0 Å². The molecule has 0 aliphatic heterocycles. The predicted octanol–water partition coefficient (Wildman–Crippen LogP) is 1.49. The second-order valence-electron chi connectivity index (χ2n) is 4.02. The summed E-state index contributed by atoms with van der Waals surface area (Å²) < 4.78 is 20.3. The van der Waals surface area contributed by atoms with Crippen LogP contribution >= 0.6 is 0 Å². The first kappa shape index (κ1) is 16.3. The molecule has 6 heteroatoms. The molecule has 0 unspecified atom stereocenters. The lowest BCUT2D eigenvalue weighted by Gasteiger charge is -2.10. The van der Waals surface area contributed by atoms with Crippen molar-refractivity contribution in [3.8, 4) is 5.75 Å². The lowest BCUT2D eigenvalue weighted by atomic mass is 10.1. The molecular formula is C14H21NO5. The molecule has 1 aromatic rings. The number of nitrogens with two attached hydrogens (primary N) is 1. The van der Waals surface area contributed by atoms with Crippen molar-refractivity contribution in [2.75, 3.05) is 46.4 Å². The maximum absolute atomic E-state index is 11.8. The minimum Gasteiger partial charge on any atom is -0.495 e. The second-order valence-corrected chi connectivity index (χ2v) is 4.02. The number of hydrogen-bond donors (Lipinski definition) is 1. The van der Waals surface area contributed by atoms with Gasteiger partial charge in [0.15, 0.2) is 0 Å². The molecule has 0 radical (unpaired) electrons. The highest BCUT2D eigenvalue weighted by Crippen LogP contribution is 2.25. The van der Waals surface area contributed by atoms with Crippen molar-refractivity contribution in [2.24, 2.45) is 0 Å². The number of ether oxygens (including phenoxy) is 4. The van der Waals surface area contributed by atoms with E-state index in [2.05, 4.69) is 0 Å². The van der Waals surface area contributed by atoms with Crippen LogP contribution in [0.1, 0.15) is 16.8 Å². The summed E-state index contributed by atoms with van der Waals surface area (Å²) >= 11 is 0. The van der Waals surface area contributed by atoms with Gasteiger partial charge in [0.05, 0.1) is 25.0 Å². The molecule has 1 aromatic carbocycles. The minimum absolute atomic E-state index is 0.183. The molecule has 20 heavy (non-hydrogen) atoms. The smallest absolute Gasteiger partial charge is 0.340 e. The fraction of sp³-hybridized carbons (Fsp3) is 0.500. The molecule has 0 spiro atoms. The van der Waals surface area contributed by atoms with Crippen LogP contribution in [0.25, 0.3) is 0 Å². The predicted molar refractivity (Wildman–Crippen MR) is 75.0 cm³/mol. The van der Waals surface area contributed by atoms with E-state index in [1.807, 2.05) is 0 Å². The number of carbonyl (C=O) groups is 1.